The molecule has 0 spiro atoms. The van der Waals surface area contributed by atoms with Crippen molar-refractivity contribution >= 4 is 38.8 Å². The van der Waals surface area contributed by atoms with Gasteiger partial charge < -0.3 is 5.73 Å². The first-order valence-corrected chi connectivity index (χ1v) is 6.88. The molecule has 1 aromatic carbocycles. The van der Waals surface area contributed by atoms with Crippen molar-refractivity contribution in [1.82, 2.24) is 4.72 Å². The number of benzene rings is 1. The lowest BCUT2D eigenvalue weighted by molar-refractivity contribution is 0.153. The average Bonchev–Trinajstić information content (AvgIpc) is 2.26. The highest BCUT2D eigenvalue weighted by molar-refractivity contribution is 7.89. The molecule has 9 heteroatoms. The van der Waals surface area contributed by atoms with Gasteiger partial charge >= 0.3 is 0 Å². The zero-order chi connectivity index (χ0) is 13.9. The third-order valence-corrected chi connectivity index (χ3v) is 4.08. The van der Waals surface area contributed by atoms with Crippen LogP contribution in [0.3, 0.4) is 0 Å². The molecule has 0 radical (unpaired) electrons. The highest BCUT2D eigenvalue weighted by Gasteiger charge is 2.19. The summed E-state index contributed by atoms with van der Waals surface area (Å²) in [5, 5.41) is -0.137. The average molecular weight is 315 g/mol. The molecule has 0 aliphatic heterocycles. The minimum absolute atomic E-state index is 0.0568. The molecule has 1 rings (SSSR count). The Labute approximate surface area is 113 Å². The van der Waals surface area contributed by atoms with Crippen molar-refractivity contribution < 1.29 is 17.2 Å². The summed E-state index contributed by atoms with van der Waals surface area (Å²) in [5.41, 5.74) is 5.74. The number of sulfonamides is 1. The predicted octanol–water partition coefficient (Wildman–Crippen LogP) is 1.52. The van der Waals surface area contributed by atoms with Crippen LogP contribution in [0, 0.1) is 0 Å². The Hall–Kier alpha value is -0.830. The van der Waals surface area contributed by atoms with Gasteiger partial charge in [0.15, 0.2) is 0 Å². The van der Waals surface area contributed by atoms with E-state index in [0.29, 0.717) is 5.56 Å². The van der Waals surface area contributed by atoms with E-state index in [1.165, 1.54) is 12.1 Å². The van der Waals surface area contributed by atoms with Gasteiger partial charge in [-0.25, -0.2) is 21.9 Å². The van der Waals surface area contributed by atoms with Crippen molar-refractivity contribution in [3.63, 3.8) is 0 Å². The highest BCUT2D eigenvalue weighted by atomic mass is 35.5. The minimum atomic E-state index is -4.07. The van der Waals surface area contributed by atoms with Crippen LogP contribution >= 0.6 is 23.8 Å². The first-order valence-electron chi connectivity index (χ1n) is 4.61. The molecule has 0 saturated heterocycles. The maximum atomic E-state index is 12.0. The van der Waals surface area contributed by atoms with Crippen LogP contribution in [-0.4, -0.2) is 26.4 Å². The van der Waals surface area contributed by atoms with Crippen LogP contribution in [0.25, 0.3) is 0 Å². The van der Waals surface area contributed by atoms with E-state index in [1.54, 1.807) is 4.72 Å². The van der Waals surface area contributed by atoms with Gasteiger partial charge in [0.25, 0.3) is 6.43 Å². The fraction of sp³-hybridized carbons (Fsp3) is 0.222. The van der Waals surface area contributed by atoms with Crippen LogP contribution in [0.15, 0.2) is 23.1 Å². The second-order valence-corrected chi connectivity index (χ2v) is 5.83. The molecule has 1 aromatic rings. The number of rotatable bonds is 5. The molecule has 100 valence electrons. The molecule has 0 aliphatic rings. The molecule has 0 bridgehead atoms. The summed E-state index contributed by atoms with van der Waals surface area (Å²) in [4.78, 5) is -0.244. The fourth-order valence-electron chi connectivity index (χ4n) is 1.12. The van der Waals surface area contributed by atoms with Crippen molar-refractivity contribution in [2.24, 2.45) is 5.73 Å². The van der Waals surface area contributed by atoms with Gasteiger partial charge in [0.1, 0.15) is 9.88 Å². The summed E-state index contributed by atoms with van der Waals surface area (Å²) >= 11 is 10.5. The largest absolute Gasteiger partial charge is 0.389 e. The van der Waals surface area contributed by atoms with Gasteiger partial charge in [-0.15, -0.1) is 0 Å². The molecular weight excluding hydrogens is 306 g/mol. The molecular formula is C9H9ClF2N2O2S2. The van der Waals surface area contributed by atoms with E-state index >= 15 is 0 Å². The van der Waals surface area contributed by atoms with Crippen molar-refractivity contribution in [2.75, 3.05) is 6.54 Å². The normalized spacial score (nSPS) is 11.8. The number of alkyl halides is 2. The van der Waals surface area contributed by atoms with Crippen molar-refractivity contribution in [2.45, 2.75) is 11.3 Å². The molecule has 0 aliphatic carbocycles. The van der Waals surface area contributed by atoms with Crippen LogP contribution < -0.4 is 10.5 Å². The zero-order valence-corrected chi connectivity index (χ0v) is 11.2. The van der Waals surface area contributed by atoms with E-state index in [1.807, 2.05) is 0 Å². The van der Waals surface area contributed by atoms with Crippen LogP contribution in [0.1, 0.15) is 5.56 Å². The Morgan fingerprint density at radius 1 is 1.50 bits per heavy atom. The summed E-state index contributed by atoms with van der Waals surface area (Å²) in [6.07, 6.45) is -2.78. The molecule has 0 unspecified atom stereocenters. The monoisotopic (exact) mass is 314 g/mol. The number of hydrogen-bond donors (Lipinski definition) is 2. The summed E-state index contributed by atoms with van der Waals surface area (Å²) < 4.78 is 48.9. The van der Waals surface area contributed by atoms with E-state index in [4.69, 9.17) is 29.6 Å². The zero-order valence-electron chi connectivity index (χ0n) is 8.86. The van der Waals surface area contributed by atoms with Crippen LogP contribution in [0.5, 0.6) is 0 Å². The van der Waals surface area contributed by atoms with Crippen molar-refractivity contribution in [3.05, 3.63) is 28.8 Å². The van der Waals surface area contributed by atoms with Crippen LogP contribution in [0.4, 0.5) is 8.78 Å². The van der Waals surface area contributed by atoms with Gasteiger partial charge in [0.05, 0.1) is 11.6 Å². The summed E-state index contributed by atoms with van der Waals surface area (Å²) in [6.45, 7) is -0.976. The molecule has 0 saturated carbocycles. The molecule has 18 heavy (non-hydrogen) atoms. The Morgan fingerprint density at radius 3 is 2.56 bits per heavy atom. The SMILES string of the molecule is NC(=S)c1ccc(S(=O)(=O)NCC(F)F)c(Cl)c1. The molecule has 0 atom stereocenters. The standard InChI is InChI=1S/C9H9ClF2N2O2S2/c10-6-3-5(9(13)17)1-2-7(6)18(15,16)14-4-8(11)12/h1-3,8,14H,4H2,(H2,13,17). The van der Waals surface area contributed by atoms with E-state index < -0.39 is 23.0 Å². The molecule has 0 aromatic heterocycles. The summed E-state index contributed by atoms with van der Waals surface area (Å²) in [7, 11) is -4.07. The van der Waals surface area contributed by atoms with E-state index in [9.17, 15) is 17.2 Å². The Kier molecular flexibility index (Phi) is 4.97. The molecule has 0 fully saturated rings. The van der Waals surface area contributed by atoms with E-state index in [2.05, 4.69) is 0 Å². The number of nitrogens with one attached hydrogen (secondary N) is 1. The minimum Gasteiger partial charge on any atom is -0.389 e. The summed E-state index contributed by atoms with van der Waals surface area (Å²) in [5.74, 6) is 0. The lowest BCUT2D eigenvalue weighted by atomic mass is 10.2. The molecule has 3 N–H and O–H groups in total. The van der Waals surface area contributed by atoms with Gasteiger partial charge in [-0.05, 0) is 12.1 Å². The van der Waals surface area contributed by atoms with E-state index in [-0.39, 0.29) is 14.9 Å². The second-order valence-electron chi connectivity index (χ2n) is 3.25. The highest BCUT2D eigenvalue weighted by Crippen LogP contribution is 2.22. The lowest BCUT2D eigenvalue weighted by Gasteiger charge is -2.09. The van der Waals surface area contributed by atoms with Gasteiger partial charge in [-0.1, -0.05) is 29.9 Å². The third-order valence-electron chi connectivity index (χ3n) is 1.93. The van der Waals surface area contributed by atoms with Gasteiger partial charge in [-0.2, -0.15) is 0 Å². The maximum Gasteiger partial charge on any atom is 0.251 e. The number of hydrogen-bond acceptors (Lipinski definition) is 3. The molecule has 0 heterocycles. The first kappa shape index (κ1) is 15.2. The Morgan fingerprint density at radius 2 is 2.11 bits per heavy atom. The van der Waals surface area contributed by atoms with Gasteiger partial charge in [-0.3, -0.25) is 0 Å². The van der Waals surface area contributed by atoms with E-state index in [0.717, 1.165) is 6.07 Å². The summed E-state index contributed by atoms with van der Waals surface area (Å²) in [6, 6.07) is 3.77. The van der Waals surface area contributed by atoms with Crippen LogP contribution in [0.2, 0.25) is 5.02 Å². The third kappa shape index (κ3) is 3.84. The van der Waals surface area contributed by atoms with Gasteiger partial charge in [0.2, 0.25) is 10.0 Å². The Bertz CT molecular complexity index is 564. The fourth-order valence-corrected chi connectivity index (χ4v) is 2.80. The number of nitrogens with two attached hydrogens (primary N) is 1. The molecule has 0 amide bonds. The maximum absolute atomic E-state index is 12.0. The van der Waals surface area contributed by atoms with Crippen molar-refractivity contribution in [3.8, 4) is 0 Å². The quantitative estimate of drug-likeness (QED) is 0.808. The van der Waals surface area contributed by atoms with Crippen molar-refractivity contribution in [1.29, 1.82) is 0 Å². The lowest BCUT2D eigenvalue weighted by Crippen LogP contribution is -2.29. The Balaban J connectivity index is 3.06. The number of halogens is 3. The topological polar surface area (TPSA) is 72.2 Å². The second kappa shape index (κ2) is 5.87. The molecule has 4 nitrogen and oxygen atoms in total. The first-order chi connectivity index (χ1) is 8.24. The smallest absolute Gasteiger partial charge is 0.251 e. The number of thiocarbonyl (C=S) groups is 1. The predicted molar refractivity (Wildman–Crippen MR) is 68.5 cm³/mol. The van der Waals surface area contributed by atoms with Crippen LogP contribution in [-0.2, 0) is 10.0 Å². The van der Waals surface area contributed by atoms with Gasteiger partial charge in [0, 0.05) is 5.56 Å².